The second kappa shape index (κ2) is 5.19. The first-order chi connectivity index (χ1) is 8.09. The summed E-state index contributed by atoms with van der Waals surface area (Å²) in [6.07, 6.45) is 2.25. The number of nitrogens with two attached hydrogens (primary N) is 1. The van der Waals surface area contributed by atoms with Crippen LogP contribution in [0.5, 0.6) is 0 Å². The standard InChI is InChI=1S/C13H20N2OS/c1-9(2)12(14)13(16)15(10-5-6-10)8-11-4-3-7-17-11/h3-4,7,9-10,12H,5-6,8,14H2,1-2H3/t12-/m0/s1. The molecule has 3 nitrogen and oxygen atoms in total. The van der Waals surface area contributed by atoms with Gasteiger partial charge in [-0.05, 0) is 30.2 Å². The first-order valence-electron chi connectivity index (χ1n) is 6.18. The van der Waals surface area contributed by atoms with E-state index in [1.54, 1.807) is 11.3 Å². The Morgan fingerprint density at radius 1 is 1.59 bits per heavy atom. The minimum atomic E-state index is -0.365. The zero-order valence-corrected chi connectivity index (χ0v) is 11.2. The van der Waals surface area contributed by atoms with Crippen LogP contribution in [0.4, 0.5) is 0 Å². The van der Waals surface area contributed by atoms with Crippen LogP contribution < -0.4 is 5.73 Å². The molecule has 0 spiro atoms. The lowest BCUT2D eigenvalue weighted by Gasteiger charge is -2.26. The number of amides is 1. The third-order valence-corrected chi connectivity index (χ3v) is 4.04. The summed E-state index contributed by atoms with van der Waals surface area (Å²) >= 11 is 1.70. The highest BCUT2D eigenvalue weighted by Crippen LogP contribution is 2.30. The molecule has 1 aliphatic rings. The molecule has 1 atom stereocenters. The highest BCUT2D eigenvalue weighted by Gasteiger charge is 2.35. The van der Waals surface area contributed by atoms with Gasteiger partial charge in [0.2, 0.25) is 5.91 Å². The molecule has 1 amide bonds. The molecule has 1 aromatic heterocycles. The van der Waals surface area contributed by atoms with Gasteiger partial charge < -0.3 is 10.6 Å². The minimum absolute atomic E-state index is 0.107. The summed E-state index contributed by atoms with van der Waals surface area (Å²) in [7, 11) is 0. The normalized spacial score (nSPS) is 17.2. The number of hydrogen-bond donors (Lipinski definition) is 1. The molecule has 94 valence electrons. The van der Waals surface area contributed by atoms with Crippen molar-refractivity contribution in [3.05, 3.63) is 22.4 Å². The molecule has 2 rings (SSSR count). The largest absolute Gasteiger partial charge is 0.333 e. The van der Waals surface area contributed by atoms with Crippen LogP contribution in [-0.4, -0.2) is 22.9 Å². The molecular formula is C13H20N2OS. The lowest BCUT2D eigenvalue weighted by Crippen LogP contribution is -2.47. The van der Waals surface area contributed by atoms with E-state index in [2.05, 4.69) is 6.07 Å². The number of hydrogen-bond acceptors (Lipinski definition) is 3. The second-order valence-corrected chi connectivity index (χ2v) is 6.08. The Bertz CT molecular complexity index is 371. The van der Waals surface area contributed by atoms with Gasteiger partial charge in [0.05, 0.1) is 12.6 Å². The third kappa shape index (κ3) is 3.07. The molecule has 0 aromatic carbocycles. The summed E-state index contributed by atoms with van der Waals surface area (Å²) in [5.41, 5.74) is 5.97. The fourth-order valence-corrected chi connectivity index (χ4v) is 2.52. The smallest absolute Gasteiger partial charge is 0.240 e. The van der Waals surface area contributed by atoms with E-state index in [-0.39, 0.29) is 17.9 Å². The average molecular weight is 252 g/mol. The molecule has 1 aliphatic carbocycles. The Kier molecular flexibility index (Phi) is 3.84. The predicted octanol–water partition coefficient (Wildman–Crippen LogP) is 2.22. The monoisotopic (exact) mass is 252 g/mol. The predicted molar refractivity (Wildman–Crippen MR) is 70.7 cm³/mol. The fraction of sp³-hybridized carbons (Fsp3) is 0.615. The van der Waals surface area contributed by atoms with Crippen LogP contribution in [0, 0.1) is 5.92 Å². The van der Waals surface area contributed by atoms with Gasteiger partial charge in [-0.25, -0.2) is 0 Å². The first kappa shape index (κ1) is 12.6. The van der Waals surface area contributed by atoms with Crippen molar-refractivity contribution in [2.24, 2.45) is 11.7 Å². The zero-order valence-electron chi connectivity index (χ0n) is 10.4. The summed E-state index contributed by atoms with van der Waals surface area (Å²) in [5.74, 6) is 0.308. The molecule has 4 heteroatoms. The molecule has 1 heterocycles. The van der Waals surface area contributed by atoms with Crippen LogP contribution in [0.25, 0.3) is 0 Å². The van der Waals surface area contributed by atoms with Crippen molar-refractivity contribution in [2.75, 3.05) is 0 Å². The van der Waals surface area contributed by atoms with Crippen molar-refractivity contribution in [3.8, 4) is 0 Å². The molecule has 0 unspecified atom stereocenters. The van der Waals surface area contributed by atoms with Gasteiger partial charge in [0.15, 0.2) is 0 Å². The lowest BCUT2D eigenvalue weighted by atomic mass is 10.0. The average Bonchev–Trinajstić information content (AvgIpc) is 3.01. The van der Waals surface area contributed by atoms with Gasteiger partial charge in [-0.3, -0.25) is 4.79 Å². The molecule has 1 fully saturated rings. The molecule has 0 radical (unpaired) electrons. The van der Waals surface area contributed by atoms with E-state index >= 15 is 0 Å². The van der Waals surface area contributed by atoms with Crippen LogP contribution in [0.2, 0.25) is 0 Å². The Morgan fingerprint density at radius 2 is 2.29 bits per heavy atom. The third-order valence-electron chi connectivity index (χ3n) is 3.18. The fourth-order valence-electron chi connectivity index (χ4n) is 1.82. The zero-order chi connectivity index (χ0) is 12.4. The van der Waals surface area contributed by atoms with E-state index in [0.717, 1.165) is 19.4 Å². The van der Waals surface area contributed by atoms with Gasteiger partial charge >= 0.3 is 0 Å². The maximum atomic E-state index is 12.3. The van der Waals surface area contributed by atoms with Crippen LogP contribution in [0.1, 0.15) is 31.6 Å². The first-order valence-corrected chi connectivity index (χ1v) is 7.06. The molecule has 17 heavy (non-hydrogen) atoms. The Hall–Kier alpha value is -0.870. The Morgan fingerprint density at radius 3 is 2.76 bits per heavy atom. The van der Waals surface area contributed by atoms with Crippen molar-refractivity contribution in [2.45, 2.75) is 45.3 Å². The van der Waals surface area contributed by atoms with Crippen molar-refractivity contribution < 1.29 is 4.79 Å². The molecule has 1 aromatic rings. The van der Waals surface area contributed by atoms with Crippen molar-refractivity contribution >= 4 is 17.2 Å². The van der Waals surface area contributed by atoms with Crippen LogP contribution >= 0.6 is 11.3 Å². The van der Waals surface area contributed by atoms with E-state index in [4.69, 9.17) is 5.73 Å². The van der Waals surface area contributed by atoms with E-state index in [1.807, 2.05) is 30.2 Å². The SMILES string of the molecule is CC(C)[C@H](N)C(=O)N(Cc1cccs1)C1CC1. The molecule has 0 bridgehead atoms. The van der Waals surface area contributed by atoms with Crippen LogP contribution in [-0.2, 0) is 11.3 Å². The van der Waals surface area contributed by atoms with Gasteiger partial charge in [0.1, 0.15) is 0 Å². The number of carbonyl (C=O) groups is 1. The number of nitrogens with zero attached hydrogens (tertiary/aromatic N) is 1. The van der Waals surface area contributed by atoms with Gasteiger partial charge in [-0.15, -0.1) is 11.3 Å². The van der Waals surface area contributed by atoms with Gasteiger partial charge in [-0.1, -0.05) is 19.9 Å². The van der Waals surface area contributed by atoms with Crippen molar-refractivity contribution in [1.29, 1.82) is 0 Å². The summed E-state index contributed by atoms with van der Waals surface area (Å²) < 4.78 is 0. The quantitative estimate of drug-likeness (QED) is 0.873. The molecule has 2 N–H and O–H groups in total. The summed E-state index contributed by atoms with van der Waals surface area (Å²) in [4.78, 5) is 15.5. The van der Waals surface area contributed by atoms with Crippen LogP contribution in [0.15, 0.2) is 17.5 Å². The van der Waals surface area contributed by atoms with E-state index < -0.39 is 0 Å². The maximum Gasteiger partial charge on any atom is 0.240 e. The van der Waals surface area contributed by atoms with Crippen LogP contribution in [0.3, 0.4) is 0 Å². The highest BCUT2D eigenvalue weighted by molar-refractivity contribution is 7.09. The molecular weight excluding hydrogens is 232 g/mol. The molecule has 1 saturated carbocycles. The Labute approximate surface area is 107 Å². The lowest BCUT2D eigenvalue weighted by molar-refractivity contribution is -0.134. The number of carbonyl (C=O) groups excluding carboxylic acids is 1. The van der Waals surface area contributed by atoms with Gasteiger partial charge in [0.25, 0.3) is 0 Å². The maximum absolute atomic E-state index is 12.3. The van der Waals surface area contributed by atoms with E-state index in [9.17, 15) is 4.79 Å². The summed E-state index contributed by atoms with van der Waals surface area (Å²) in [6.45, 7) is 4.72. The van der Waals surface area contributed by atoms with Crippen molar-refractivity contribution in [3.63, 3.8) is 0 Å². The van der Waals surface area contributed by atoms with E-state index in [1.165, 1.54) is 4.88 Å². The summed E-state index contributed by atoms with van der Waals surface area (Å²) in [6, 6.07) is 4.16. The topological polar surface area (TPSA) is 46.3 Å². The van der Waals surface area contributed by atoms with Gasteiger partial charge in [0, 0.05) is 10.9 Å². The summed E-state index contributed by atoms with van der Waals surface area (Å²) in [5, 5.41) is 2.05. The van der Waals surface area contributed by atoms with E-state index in [0.29, 0.717) is 6.04 Å². The van der Waals surface area contributed by atoms with Crippen molar-refractivity contribution in [1.82, 2.24) is 4.90 Å². The number of thiophene rings is 1. The molecule has 0 saturated heterocycles. The number of rotatable bonds is 5. The second-order valence-electron chi connectivity index (χ2n) is 5.05. The molecule has 0 aliphatic heterocycles. The van der Waals surface area contributed by atoms with Gasteiger partial charge in [-0.2, -0.15) is 0 Å². The Balaban J connectivity index is 2.04. The highest BCUT2D eigenvalue weighted by atomic mass is 32.1. The minimum Gasteiger partial charge on any atom is -0.333 e.